The van der Waals surface area contributed by atoms with Gasteiger partial charge in [0.25, 0.3) is 0 Å². The molecular formula is C16H15ClN4O3S. The minimum absolute atomic E-state index is 0.269. The highest BCUT2D eigenvalue weighted by atomic mass is 35.5. The zero-order valence-electron chi connectivity index (χ0n) is 13.1. The molecule has 0 fully saturated rings. The van der Waals surface area contributed by atoms with E-state index in [2.05, 4.69) is 15.4 Å². The summed E-state index contributed by atoms with van der Waals surface area (Å²) in [5.74, 6) is 0. The minimum atomic E-state index is -3.50. The van der Waals surface area contributed by atoms with Crippen LogP contribution in [0.5, 0.6) is 0 Å². The first-order valence-corrected chi connectivity index (χ1v) is 9.51. The average molecular weight is 379 g/mol. The Kier molecular flexibility index (Phi) is 4.98. The summed E-state index contributed by atoms with van der Waals surface area (Å²) in [7, 11) is -3.50. The van der Waals surface area contributed by atoms with E-state index in [4.69, 9.17) is 11.6 Å². The lowest BCUT2D eigenvalue weighted by atomic mass is 10.0. The molecule has 130 valence electrons. The van der Waals surface area contributed by atoms with Gasteiger partial charge in [0.1, 0.15) is 0 Å². The van der Waals surface area contributed by atoms with Crippen LogP contribution in [0.15, 0.2) is 48.8 Å². The van der Waals surface area contributed by atoms with Gasteiger partial charge in [-0.3, -0.25) is 4.98 Å². The first kappa shape index (κ1) is 17.7. The fourth-order valence-corrected chi connectivity index (χ4v) is 2.74. The number of aliphatic hydroxyl groups excluding tert-OH is 1. The van der Waals surface area contributed by atoms with Crippen LogP contribution < -0.4 is 10.3 Å². The highest BCUT2D eigenvalue weighted by Gasteiger charge is 2.13. The maximum Gasteiger partial charge on any atom is 0.221 e. The van der Waals surface area contributed by atoms with Crippen molar-refractivity contribution >= 4 is 32.5 Å². The molecule has 0 aliphatic heterocycles. The molecule has 3 N–H and O–H groups in total. The second-order valence-electron chi connectivity index (χ2n) is 5.42. The number of nitrogens with one attached hydrogen (secondary N) is 2. The molecule has 0 saturated heterocycles. The minimum Gasteiger partial charge on any atom is -0.371 e. The lowest BCUT2D eigenvalue weighted by Gasteiger charge is -2.14. The fraction of sp³-hybridized carbons (Fsp3) is 0.125. The van der Waals surface area contributed by atoms with E-state index in [9.17, 15) is 13.5 Å². The highest BCUT2D eigenvalue weighted by molar-refractivity contribution is 7.88. The molecule has 25 heavy (non-hydrogen) atoms. The standard InChI is InChI=1S/C16H15ClN4O3S/c1-25(23,24)21-20-16(22)14-7-4-11-8-18-9-13(15(11)19-14)10-2-5-12(17)6-3-10/h2-9,16,20-22H,1H3. The Bertz CT molecular complexity index is 1010. The van der Waals surface area contributed by atoms with Crippen molar-refractivity contribution in [3.8, 4) is 11.1 Å². The fourth-order valence-electron chi connectivity index (χ4n) is 2.29. The summed E-state index contributed by atoms with van der Waals surface area (Å²) in [6.45, 7) is 0. The Morgan fingerprint density at radius 2 is 1.84 bits per heavy atom. The number of sulfonamides is 1. The highest BCUT2D eigenvalue weighted by Crippen LogP contribution is 2.28. The van der Waals surface area contributed by atoms with Crippen molar-refractivity contribution in [2.45, 2.75) is 6.23 Å². The number of benzene rings is 1. The molecule has 0 aliphatic rings. The van der Waals surface area contributed by atoms with Crippen LogP contribution in [0, 0.1) is 0 Å². The van der Waals surface area contributed by atoms with E-state index in [-0.39, 0.29) is 5.69 Å². The van der Waals surface area contributed by atoms with E-state index in [0.717, 1.165) is 22.8 Å². The van der Waals surface area contributed by atoms with Gasteiger partial charge in [0.2, 0.25) is 10.0 Å². The molecule has 1 aromatic carbocycles. The van der Waals surface area contributed by atoms with Crippen LogP contribution in [0.4, 0.5) is 0 Å². The van der Waals surface area contributed by atoms with Crippen molar-refractivity contribution in [1.29, 1.82) is 0 Å². The van der Waals surface area contributed by atoms with Gasteiger partial charge >= 0.3 is 0 Å². The number of pyridine rings is 2. The van der Waals surface area contributed by atoms with E-state index in [1.807, 2.05) is 17.0 Å². The van der Waals surface area contributed by atoms with Gasteiger partial charge in [-0.1, -0.05) is 23.7 Å². The van der Waals surface area contributed by atoms with Crippen LogP contribution in [0.1, 0.15) is 11.9 Å². The Balaban J connectivity index is 2.01. The second-order valence-corrected chi connectivity index (χ2v) is 7.61. The Labute approximate surface area is 149 Å². The molecule has 0 bridgehead atoms. The molecule has 9 heteroatoms. The number of nitrogens with zero attached hydrogens (tertiary/aromatic N) is 2. The number of aromatic nitrogens is 2. The van der Waals surface area contributed by atoms with Gasteiger partial charge in [-0.05, 0) is 29.8 Å². The quantitative estimate of drug-likeness (QED) is 0.463. The van der Waals surface area contributed by atoms with E-state index in [0.29, 0.717) is 10.5 Å². The Hall–Kier alpha value is -2.10. The molecule has 2 heterocycles. The zero-order valence-corrected chi connectivity index (χ0v) is 14.7. The van der Waals surface area contributed by atoms with E-state index >= 15 is 0 Å². The maximum atomic E-state index is 11.1. The van der Waals surface area contributed by atoms with Gasteiger partial charge in [0, 0.05) is 28.4 Å². The molecular weight excluding hydrogens is 364 g/mol. The van der Waals surface area contributed by atoms with Crippen LogP contribution in [0.3, 0.4) is 0 Å². The smallest absolute Gasteiger partial charge is 0.221 e. The average Bonchev–Trinajstić information content (AvgIpc) is 2.59. The van der Waals surface area contributed by atoms with Crippen molar-refractivity contribution < 1.29 is 13.5 Å². The molecule has 0 spiro atoms. The first-order chi connectivity index (χ1) is 11.8. The topological polar surface area (TPSA) is 104 Å². The van der Waals surface area contributed by atoms with Gasteiger partial charge in [-0.2, -0.15) is 0 Å². The normalized spacial score (nSPS) is 13.1. The Morgan fingerprint density at radius 3 is 2.52 bits per heavy atom. The van der Waals surface area contributed by atoms with E-state index in [1.54, 1.807) is 36.7 Å². The monoisotopic (exact) mass is 378 g/mol. The molecule has 0 radical (unpaired) electrons. The van der Waals surface area contributed by atoms with Crippen LogP contribution in [-0.4, -0.2) is 29.7 Å². The van der Waals surface area contributed by atoms with E-state index in [1.165, 1.54) is 0 Å². The first-order valence-electron chi connectivity index (χ1n) is 7.24. The molecule has 3 aromatic rings. The SMILES string of the molecule is CS(=O)(=O)NNC(O)c1ccc2cncc(-c3ccc(Cl)cc3)c2n1. The number of hydrogen-bond donors (Lipinski definition) is 3. The largest absolute Gasteiger partial charge is 0.371 e. The van der Waals surface area contributed by atoms with Crippen molar-refractivity contribution in [3.05, 3.63) is 59.5 Å². The summed E-state index contributed by atoms with van der Waals surface area (Å²) < 4.78 is 22.2. The van der Waals surface area contributed by atoms with E-state index < -0.39 is 16.3 Å². The molecule has 1 atom stereocenters. The molecule has 0 aliphatic carbocycles. The number of hydrogen-bond acceptors (Lipinski definition) is 6. The summed E-state index contributed by atoms with van der Waals surface area (Å²) in [5.41, 5.74) is 4.85. The number of fused-ring (bicyclic) bond motifs is 1. The number of halogens is 1. The summed E-state index contributed by atoms with van der Waals surface area (Å²) in [4.78, 5) is 10.7. The van der Waals surface area contributed by atoms with Gasteiger partial charge in [-0.15, -0.1) is 4.83 Å². The third-order valence-corrected chi connectivity index (χ3v) is 4.18. The van der Waals surface area contributed by atoms with Gasteiger partial charge in [0.15, 0.2) is 6.23 Å². The van der Waals surface area contributed by atoms with Crippen LogP contribution in [0.25, 0.3) is 22.0 Å². The maximum absolute atomic E-state index is 11.1. The summed E-state index contributed by atoms with van der Waals surface area (Å²) in [6, 6.07) is 10.6. The third-order valence-electron chi connectivity index (χ3n) is 3.44. The van der Waals surface area contributed by atoms with Crippen molar-refractivity contribution in [2.24, 2.45) is 0 Å². The van der Waals surface area contributed by atoms with Crippen molar-refractivity contribution in [3.63, 3.8) is 0 Å². The third kappa shape index (κ3) is 4.30. The summed E-state index contributed by atoms with van der Waals surface area (Å²) in [5, 5.41) is 11.5. The van der Waals surface area contributed by atoms with Crippen LogP contribution >= 0.6 is 11.6 Å². The molecule has 3 rings (SSSR count). The summed E-state index contributed by atoms with van der Waals surface area (Å²) >= 11 is 5.93. The van der Waals surface area contributed by atoms with Gasteiger partial charge in [-0.25, -0.2) is 18.8 Å². The predicted octanol–water partition coefficient (Wildman–Crippen LogP) is 1.99. The number of rotatable bonds is 5. The number of aliphatic hydroxyl groups is 1. The molecule has 1 unspecified atom stereocenters. The van der Waals surface area contributed by atoms with Crippen molar-refractivity contribution in [2.75, 3.05) is 6.26 Å². The lowest BCUT2D eigenvalue weighted by molar-refractivity contribution is 0.128. The molecule has 7 nitrogen and oxygen atoms in total. The predicted molar refractivity (Wildman–Crippen MR) is 96.1 cm³/mol. The molecule has 0 amide bonds. The van der Waals surface area contributed by atoms with Crippen molar-refractivity contribution in [1.82, 2.24) is 20.2 Å². The number of hydrazine groups is 1. The summed E-state index contributed by atoms with van der Waals surface area (Å²) in [6.07, 6.45) is 3.02. The Morgan fingerprint density at radius 1 is 1.12 bits per heavy atom. The van der Waals surface area contributed by atoms with Crippen LogP contribution in [0.2, 0.25) is 5.02 Å². The zero-order chi connectivity index (χ0) is 18.0. The lowest BCUT2D eigenvalue weighted by Crippen LogP contribution is -2.39. The molecule has 2 aromatic heterocycles. The molecule has 0 saturated carbocycles. The van der Waals surface area contributed by atoms with Gasteiger partial charge < -0.3 is 5.11 Å². The van der Waals surface area contributed by atoms with Crippen LogP contribution in [-0.2, 0) is 10.0 Å². The van der Waals surface area contributed by atoms with Gasteiger partial charge in [0.05, 0.1) is 17.5 Å². The second kappa shape index (κ2) is 7.03.